The Labute approximate surface area is 119 Å². The minimum absolute atomic E-state index is 0. The number of amides is 1. The fourth-order valence-corrected chi connectivity index (χ4v) is 1.38. The Kier molecular flexibility index (Phi) is 7.95. The lowest BCUT2D eigenvalue weighted by Crippen LogP contribution is -2.42. The monoisotopic (exact) mass is 288 g/mol. The third kappa shape index (κ3) is 5.81. The molecule has 0 fully saturated rings. The number of nitrogens with one attached hydrogen (secondary N) is 1. The number of benzene rings is 1. The second-order valence-corrected chi connectivity index (χ2v) is 4.11. The van der Waals surface area contributed by atoms with Crippen molar-refractivity contribution in [2.24, 2.45) is 5.73 Å². The SMILES string of the molecule is COc1ccccc1OC(C)CNC(=O)[C@H](C)N.Cl. The molecule has 0 aromatic heterocycles. The average Bonchev–Trinajstić information content (AvgIpc) is 2.36. The minimum Gasteiger partial charge on any atom is -0.493 e. The summed E-state index contributed by atoms with van der Waals surface area (Å²) in [6.07, 6.45) is -0.163. The maximum Gasteiger partial charge on any atom is 0.236 e. The van der Waals surface area contributed by atoms with Gasteiger partial charge in [0.25, 0.3) is 0 Å². The molecule has 1 unspecified atom stereocenters. The molecule has 2 atom stereocenters. The first-order chi connectivity index (χ1) is 8.54. The third-order valence-electron chi connectivity index (χ3n) is 2.37. The molecular formula is C13H21ClN2O3. The van der Waals surface area contributed by atoms with Crippen LogP contribution < -0.4 is 20.5 Å². The van der Waals surface area contributed by atoms with Crippen LogP contribution in [-0.4, -0.2) is 31.7 Å². The molecule has 0 bridgehead atoms. The molecule has 1 amide bonds. The van der Waals surface area contributed by atoms with Crippen LogP contribution in [0.2, 0.25) is 0 Å². The van der Waals surface area contributed by atoms with Gasteiger partial charge in [0, 0.05) is 0 Å². The van der Waals surface area contributed by atoms with Crippen LogP contribution in [0.5, 0.6) is 11.5 Å². The van der Waals surface area contributed by atoms with Gasteiger partial charge in [0.2, 0.25) is 5.91 Å². The Morgan fingerprint density at radius 2 is 1.89 bits per heavy atom. The smallest absolute Gasteiger partial charge is 0.236 e. The summed E-state index contributed by atoms with van der Waals surface area (Å²) in [5.74, 6) is 1.14. The molecule has 1 aromatic carbocycles. The number of rotatable bonds is 6. The van der Waals surface area contributed by atoms with Gasteiger partial charge >= 0.3 is 0 Å². The van der Waals surface area contributed by atoms with Crippen molar-refractivity contribution >= 4 is 18.3 Å². The highest BCUT2D eigenvalue weighted by Crippen LogP contribution is 2.26. The standard InChI is InChI=1S/C13H20N2O3.ClH/c1-9(8-15-13(16)10(2)14)18-12-7-5-4-6-11(12)17-3;/h4-7,9-10H,8,14H2,1-3H3,(H,15,16);1H/t9?,10-;/m0./s1. The van der Waals surface area contributed by atoms with E-state index in [1.54, 1.807) is 14.0 Å². The van der Waals surface area contributed by atoms with Crippen molar-refractivity contribution in [3.63, 3.8) is 0 Å². The Hall–Kier alpha value is -1.46. The van der Waals surface area contributed by atoms with Crippen molar-refractivity contribution in [2.75, 3.05) is 13.7 Å². The lowest BCUT2D eigenvalue weighted by atomic mass is 10.3. The van der Waals surface area contributed by atoms with Crippen LogP contribution in [0.25, 0.3) is 0 Å². The van der Waals surface area contributed by atoms with Crippen LogP contribution in [0.15, 0.2) is 24.3 Å². The first-order valence-corrected chi connectivity index (χ1v) is 5.87. The van der Waals surface area contributed by atoms with Crippen molar-refractivity contribution in [2.45, 2.75) is 26.0 Å². The molecule has 0 aliphatic carbocycles. The molecule has 19 heavy (non-hydrogen) atoms. The van der Waals surface area contributed by atoms with Gasteiger partial charge in [0.1, 0.15) is 6.10 Å². The molecule has 0 saturated carbocycles. The van der Waals surface area contributed by atoms with Crippen LogP contribution in [0.4, 0.5) is 0 Å². The van der Waals surface area contributed by atoms with E-state index >= 15 is 0 Å². The first kappa shape index (κ1) is 17.5. The zero-order valence-corrected chi connectivity index (χ0v) is 12.2. The number of para-hydroxylation sites is 2. The molecule has 108 valence electrons. The lowest BCUT2D eigenvalue weighted by molar-refractivity contribution is -0.122. The number of methoxy groups -OCH3 is 1. The highest BCUT2D eigenvalue weighted by Gasteiger charge is 2.11. The molecule has 1 rings (SSSR count). The van der Waals surface area contributed by atoms with Crippen LogP contribution >= 0.6 is 12.4 Å². The summed E-state index contributed by atoms with van der Waals surface area (Å²) < 4.78 is 10.9. The zero-order chi connectivity index (χ0) is 13.5. The van der Waals surface area contributed by atoms with Gasteiger partial charge in [-0.2, -0.15) is 0 Å². The average molecular weight is 289 g/mol. The maximum absolute atomic E-state index is 11.3. The van der Waals surface area contributed by atoms with Crippen molar-refractivity contribution in [3.8, 4) is 11.5 Å². The number of ether oxygens (including phenoxy) is 2. The van der Waals surface area contributed by atoms with Gasteiger partial charge in [-0.05, 0) is 26.0 Å². The second kappa shape index (κ2) is 8.61. The number of hydrogen-bond acceptors (Lipinski definition) is 4. The van der Waals surface area contributed by atoms with Crippen LogP contribution in [0.3, 0.4) is 0 Å². The van der Waals surface area contributed by atoms with Gasteiger partial charge in [-0.15, -0.1) is 12.4 Å². The van der Waals surface area contributed by atoms with Crippen molar-refractivity contribution in [1.82, 2.24) is 5.32 Å². The normalized spacial score (nSPS) is 12.8. The zero-order valence-electron chi connectivity index (χ0n) is 11.4. The van der Waals surface area contributed by atoms with Gasteiger partial charge in [0.15, 0.2) is 11.5 Å². The quantitative estimate of drug-likeness (QED) is 0.829. The summed E-state index contributed by atoms with van der Waals surface area (Å²) in [7, 11) is 1.59. The Morgan fingerprint density at radius 1 is 1.32 bits per heavy atom. The highest BCUT2D eigenvalue weighted by molar-refractivity contribution is 5.85. The van der Waals surface area contributed by atoms with E-state index < -0.39 is 6.04 Å². The molecule has 6 heteroatoms. The van der Waals surface area contributed by atoms with Gasteiger partial charge in [-0.25, -0.2) is 0 Å². The highest BCUT2D eigenvalue weighted by atomic mass is 35.5. The molecule has 5 nitrogen and oxygen atoms in total. The molecule has 1 aromatic rings. The molecule has 0 heterocycles. The number of hydrogen-bond donors (Lipinski definition) is 2. The second-order valence-electron chi connectivity index (χ2n) is 4.11. The fraction of sp³-hybridized carbons (Fsp3) is 0.462. The van der Waals surface area contributed by atoms with E-state index in [2.05, 4.69) is 5.32 Å². The summed E-state index contributed by atoms with van der Waals surface area (Å²) in [4.78, 5) is 11.3. The molecule has 0 saturated heterocycles. The van der Waals surface area contributed by atoms with E-state index in [4.69, 9.17) is 15.2 Å². The van der Waals surface area contributed by atoms with Gasteiger partial charge in [-0.3, -0.25) is 4.79 Å². The Bertz CT molecular complexity index is 399. The Morgan fingerprint density at radius 3 is 2.42 bits per heavy atom. The van der Waals surface area contributed by atoms with Gasteiger partial charge in [0.05, 0.1) is 19.7 Å². The molecule has 0 aliphatic heterocycles. The molecular weight excluding hydrogens is 268 g/mol. The molecule has 0 spiro atoms. The third-order valence-corrected chi connectivity index (χ3v) is 2.37. The number of halogens is 1. The minimum atomic E-state index is -0.511. The summed E-state index contributed by atoms with van der Waals surface area (Å²) in [6.45, 7) is 3.91. The summed E-state index contributed by atoms with van der Waals surface area (Å²) in [5.41, 5.74) is 5.45. The van der Waals surface area contributed by atoms with Gasteiger partial charge in [-0.1, -0.05) is 12.1 Å². The van der Waals surface area contributed by atoms with Crippen molar-refractivity contribution in [3.05, 3.63) is 24.3 Å². The lowest BCUT2D eigenvalue weighted by Gasteiger charge is -2.17. The van der Waals surface area contributed by atoms with Crippen molar-refractivity contribution in [1.29, 1.82) is 0 Å². The topological polar surface area (TPSA) is 73.6 Å². The van der Waals surface area contributed by atoms with Crippen molar-refractivity contribution < 1.29 is 14.3 Å². The summed E-state index contributed by atoms with van der Waals surface area (Å²) in [5, 5.41) is 2.71. The summed E-state index contributed by atoms with van der Waals surface area (Å²) >= 11 is 0. The summed E-state index contributed by atoms with van der Waals surface area (Å²) in [6, 6.07) is 6.87. The predicted molar refractivity (Wildman–Crippen MR) is 77.0 cm³/mol. The van der Waals surface area contributed by atoms with E-state index in [9.17, 15) is 4.79 Å². The Balaban J connectivity index is 0.00000324. The predicted octanol–water partition coefficient (Wildman–Crippen LogP) is 1.35. The molecule has 3 N–H and O–H groups in total. The maximum atomic E-state index is 11.3. The number of nitrogens with two attached hydrogens (primary N) is 1. The van der Waals surface area contributed by atoms with E-state index in [1.165, 1.54) is 0 Å². The molecule has 0 aliphatic rings. The number of carbonyl (C=O) groups is 1. The van der Waals surface area contributed by atoms with E-state index in [0.29, 0.717) is 18.0 Å². The van der Waals surface area contributed by atoms with Crippen LogP contribution in [0.1, 0.15) is 13.8 Å². The van der Waals surface area contributed by atoms with Gasteiger partial charge < -0.3 is 20.5 Å². The fourth-order valence-electron chi connectivity index (χ4n) is 1.38. The van der Waals surface area contributed by atoms with E-state index in [-0.39, 0.29) is 24.4 Å². The van der Waals surface area contributed by atoms with Crippen LogP contribution in [0, 0.1) is 0 Å². The van der Waals surface area contributed by atoms with E-state index in [0.717, 1.165) is 0 Å². The first-order valence-electron chi connectivity index (χ1n) is 5.87. The number of carbonyl (C=O) groups excluding carboxylic acids is 1. The molecule has 0 radical (unpaired) electrons. The largest absolute Gasteiger partial charge is 0.493 e. The van der Waals surface area contributed by atoms with Crippen LogP contribution in [-0.2, 0) is 4.79 Å². The van der Waals surface area contributed by atoms with E-state index in [1.807, 2.05) is 31.2 Å².